The van der Waals surface area contributed by atoms with E-state index in [1.165, 1.54) is 19.2 Å². The molecule has 4 heteroatoms. The molecule has 0 aliphatic rings. The molecule has 2 rings (SSSR count). The van der Waals surface area contributed by atoms with Crippen LogP contribution in [0, 0.1) is 3.57 Å². The lowest BCUT2D eigenvalue weighted by molar-refractivity contribution is 1.41. The van der Waals surface area contributed by atoms with E-state index < -0.39 is 0 Å². The molecule has 0 spiro atoms. The van der Waals surface area contributed by atoms with Gasteiger partial charge >= 0.3 is 0 Å². The first-order chi connectivity index (χ1) is 6.24. The number of hydrogen-bond acceptors (Lipinski definition) is 2. The Hall–Kier alpha value is 0.740. The van der Waals surface area contributed by atoms with Crippen molar-refractivity contribution in [2.24, 2.45) is 0 Å². The molecule has 1 heterocycles. The Morgan fingerprint density at radius 2 is 2.31 bits per heavy atom. The molecule has 0 aliphatic carbocycles. The molecule has 0 unspecified atom stereocenters. The van der Waals surface area contributed by atoms with Gasteiger partial charge in [-0.15, -0.1) is 24.0 Å². The molecule has 0 radical (unpaired) electrons. The molecule has 0 bridgehead atoms. The highest BCUT2D eigenvalue weighted by atomic mass is 127. The molecule has 0 nitrogen and oxygen atoms in total. The summed E-state index contributed by atoms with van der Waals surface area (Å²) in [4.78, 5) is 1.07. The number of halogens is 2. The second-order valence-corrected chi connectivity index (χ2v) is 5.77. The predicted molar refractivity (Wildman–Crippen MR) is 74.4 cm³/mol. The second kappa shape index (κ2) is 4.08. The summed E-state index contributed by atoms with van der Waals surface area (Å²) in [7, 11) is 0. The van der Waals surface area contributed by atoms with Crippen molar-refractivity contribution in [2.45, 2.75) is 10.2 Å². The van der Waals surface area contributed by atoms with Gasteiger partial charge in [0.05, 0.1) is 0 Å². The number of thiophene rings is 1. The highest BCUT2D eigenvalue weighted by Crippen LogP contribution is 2.34. The van der Waals surface area contributed by atoms with Gasteiger partial charge in [0.15, 0.2) is 0 Å². The van der Waals surface area contributed by atoms with Crippen molar-refractivity contribution in [3.8, 4) is 0 Å². The zero-order valence-corrected chi connectivity index (χ0v) is 12.0. The maximum absolute atomic E-state index is 4.46. The van der Waals surface area contributed by atoms with Crippen LogP contribution >= 0.6 is 62.5 Å². The lowest BCUT2D eigenvalue weighted by Crippen LogP contribution is -1.84. The van der Waals surface area contributed by atoms with E-state index in [1.54, 1.807) is 11.3 Å². The van der Waals surface area contributed by atoms with E-state index in [0.29, 0.717) is 0 Å². The van der Waals surface area contributed by atoms with Gasteiger partial charge < -0.3 is 0 Å². The smallest absolute Gasteiger partial charge is 0.0404 e. The fourth-order valence-corrected chi connectivity index (χ4v) is 5.12. The van der Waals surface area contributed by atoms with Gasteiger partial charge in [-0.3, -0.25) is 0 Å². The number of hydrogen-bond donors (Lipinski definition) is 1. The minimum absolute atomic E-state index is 0.913. The molecule has 1 aromatic heterocycles. The van der Waals surface area contributed by atoms with Crippen LogP contribution in [0.5, 0.6) is 0 Å². The fourth-order valence-electron chi connectivity index (χ4n) is 1.26. The average Bonchev–Trinajstić information content (AvgIpc) is 2.53. The molecule has 13 heavy (non-hydrogen) atoms. The molecule has 0 saturated carbocycles. The van der Waals surface area contributed by atoms with Crippen LogP contribution in [0.15, 0.2) is 22.4 Å². The van der Waals surface area contributed by atoms with Gasteiger partial charge in [0.2, 0.25) is 0 Å². The molecule has 0 amide bonds. The van der Waals surface area contributed by atoms with E-state index in [1.807, 2.05) is 0 Å². The minimum atomic E-state index is 0.913. The summed E-state index contributed by atoms with van der Waals surface area (Å²) < 4.78 is 2.64. The van der Waals surface area contributed by atoms with Crippen molar-refractivity contribution in [3.05, 3.63) is 26.6 Å². The van der Waals surface area contributed by atoms with Crippen molar-refractivity contribution in [3.63, 3.8) is 0 Å². The van der Waals surface area contributed by atoms with Gasteiger partial charge in [0, 0.05) is 23.9 Å². The highest BCUT2D eigenvalue weighted by molar-refractivity contribution is 14.1. The monoisotopic (exact) mass is 384 g/mol. The first-order valence-electron chi connectivity index (χ1n) is 3.67. The minimum Gasteiger partial charge on any atom is -0.143 e. The molecule has 68 valence electrons. The summed E-state index contributed by atoms with van der Waals surface area (Å²) in [5.74, 6) is 0. The maximum Gasteiger partial charge on any atom is 0.0404 e. The van der Waals surface area contributed by atoms with Crippen LogP contribution in [0.25, 0.3) is 10.1 Å². The van der Waals surface area contributed by atoms with Crippen LogP contribution in [0.3, 0.4) is 0 Å². The van der Waals surface area contributed by atoms with Gasteiger partial charge in [-0.05, 0) is 45.7 Å². The Bertz CT molecular complexity index is 450. The van der Waals surface area contributed by atoms with Gasteiger partial charge in [-0.25, -0.2) is 0 Å². The van der Waals surface area contributed by atoms with Gasteiger partial charge in [-0.2, -0.15) is 0 Å². The lowest BCUT2D eigenvalue weighted by atomic mass is 10.2. The van der Waals surface area contributed by atoms with Gasteiger partial charge in [-0.1, -0.05) is 15.9 Å². The molecule has 0 fully saturated rings. The van der Waals surface area contributed by atoms with Crippen molar-refractivity contribution in [1.82, 2.24) is 0 Å². The highest BCUT2D eigenvalue weighted by Gasteiger charge is 2.08. The van der Waals surface area contributed by atoms with Crippen LogP contribution in [-0.2, 0) is 5.33 Å². The van der Waals surface area contributed by atoms with Gasteiger partial charge in [0.25, 0.3) is 0 Å². The van der Waals surface area contributed by atoms with Crippen molar-refractivity contribution in [2.75, 3.05) is 0 Å². The van der Waals surface area contributed by atoms with E-state index in [-0.39, 0.29) is 0 Å². The maximum atomic E-state index is 4.46. The Labute approximate surface area is 108 Å². The summed E-state index contributed by atoms with van der Waals surface area (Å²) in [5.41, 5.74) is 1.38. The molecule has 1 aromatic carbocycles. The predicted octanol–water partition coefficient (Wildman–Crippen LogP) is 4.69. The largest absolute Gasteiger partial charge is 0.143 e. The molecule has 0 N–H and O–H groups in total. The third-order valence-electron chi connectivity index (χ3n) is 1.90. The Morgan fingerprint density at radius 1 is 1.54 bits per heavy atom. The SMILES string of the molecule is Sc1cc(I)c(CBr)c2sccc12. The zero-order chi connectivity index (χ0) is 9.42. The summed E-state index contributed by atoms with van der Waals surface area (Å²) in [6, 6.07) is 4.25. The number of thiol groups is 1. The van der Waals surface area contributed by atoms with Crippen LogP contribution < -0.4 is 0 Å². The standard InChI is InChI=1S/C9H6BrIS2/c10-4-6-7(11)3-8(12)5-1-2-13-9(5)6/h1-3,12H,4H2. The number of benzene rings is 1. The fraction of sp³-hybridized carbons (Fsp3) is 0.111. The summed E-state index contributed by atoms with van der Waals surface area (Å²) in [6.45, 7) is 0. The number of rotatable bonds is 1. The first kappa shape index (κ1) is 10.3. The van der Waals surface area contributed by atoms with Crippen molar-refractivity contribution in [1.29, 1.82) is 0 Å². The Balaban J connectivity index is 2.88. The summed E-state index contributed by atoms with van der Waals surface area (Å²) in [6.07, 6.45) is 0. The number of fused-ring (bicyclic) bond motifs is 1. The van der Waals surface area contributed by atoms with Crippen molar-refractivity contribution < 1.29 is 0 Å². The second-order valence-electron chi connectivity index (χ2n) is 2.65. The number of alkyl halides is 1. The van der Waals surface area contributed by atoms with E-state index in [4.69, 9.17) is 0 Å². The van der Waals surface area contributed by atoms with Crippen LogP contribution in [0.1, 0.15) is 5.56 Å². The summed E-state index contributed by atoms with van der Waals surface area (Å²) in [5, 5.41) is 4.30. The summed E-state index contributed by atoms with van der Waals surface area (Å²) >= 11 is 12.1. The van der Waals surface area contributed by atoms with E-state index in [0.717, 1.165) is 10.2 Å². The van der Waals surface area contributed by atoms with E-state index in [9.17, 15) is 0 Å². The van der Waals surface area contributed by atoms with Crippen LogP contribution in [0.4, 0.5) is 0 Å². The molecule has 0 atom stereocenters. The normalized spacial score (nSPS) is 11.0. The topological polar surface area (TPSA) is 0 Å². The molecule has 0 aliphatic heterocycles. The van der Waals surface area contributed by atoms with Crippen molar-refractivity contribution >= 4 is 72.6 Å². The Morgan fingerprint density at radius 3 is 3.00 bits per heavy atom. The zero-order valence-electron chi connectivity index (χ0n) is 6.55. The van der Waals surface area contributed by atoms with E-state index in [2.05, 4.69) is 68.7 Å². The van der Waals surface area contributed by atoms with E-state index >= 15 is 0 Å². The lowest BCUT2D eigenvalue weighted by Gasteiger charge is -2.04. The molecular weight excluding hydrogens is 379 g/mol. The first-order valence-corrected chi connectivity index (χ1v) is 7.20. The van der Waals surface area contributed by atoms with Crippen LogP contribution in [-0.4, -0.2) is 0 Å². The average molecular weight is 385 g/mol. The third-order valence-corrected chi connectivity index (χ3v) is 4.77. The quantitative estimate of drug-likeness (QED) is 0.411. The molecular formula is C9H6BrIS2. The van der Waals surface area contributed by atoms with Crippen LogP contribution in [0.2, 0.25) is 0 Å². The third kappa shape index (κ3) is 1.78. The Kier molecular flexibility index (Phi) is 3.22. The molecule has 2 aromatic rings. The molecule has 0 saturated heterocycles. The van der Waals surface area contributed by atoms with Gasteiger partial charge in [0.1, 0.15) is 0 Å².